The maximum Gasteiger partial charge on any atom is 0.293 e. The Morgan fingerprint density at radius 1 is 1.44 bits per heavy atom. The molecule has 18 heavy (non-hydrogen) atoms. The summed E-state index contributed by atoms with van der Waals surface area (Å²) in [7, 11) is 3.52. The Balaban J connectivity index is 2.44. The lowest BCUT2D eigenvalue weighted by molar-refractivity contribution is 0.833. The summed E-state index contributed by atoms with van der Waals surface area (Å²) < 4.78 is 1.51. The van der Waals surface area contributed by atoms with Gasteiger partial charge in [0.1, 0.15) is 0 Å². The molecule has 0 radical (unpaired) electrons. The Labute approximate surface area is 105 Å². The lowest BCUT2D eigenvalue weighted by Gasteiger charge is -2.18. The lowest BCUT2D eigenvalue weighted by atomic mass is 10.2. The maximum absolute atomic E-state index is 12.0. The van der Waals surface area contributed by atoms with Crippen molar-refractivity contribution in [2.24, 2.45) is 12.8 Å². The molecule has 0 spiro atoms. The average molecular weight is 244 g/mol. The Bertz CT molecular complexity index is 606. The van der Waals surface area contributed by atoms with E-state index in [-0.39, 0.29) is 5.56 Å². The van der Waals surface area contributed by atoms with Crippen molar-refractivity contribution in [2.45, 2.75) is 6.54 Å². The number of benzene rings is 1. The molecule has 2 aromatic rings. The van der Waals surface area contributed by atoms with Gasteiger partial charge in [0.05, 0.1) is 0 Å². The molecule has 1 heterocycles. The maximum atomic E-state index is 12.0. The number of nitrogens with zero attached hydrogens (tertiary/aromatic N) is 3. The first-order valence-electron chi connectivity index (χ1n) is 5.68. The minimum absolute atomic E-state index is 0.127. The molecule has 5 nitrogen and oxygen atoms in total. The second-order valence-electron chi connectivity index (χ2n) is 4.10. The van der Waals surface area contributed by atoms with Gasteiger partial charge >= 0.3 is 0 Å². The van der Waals surface area contributed by atoms with E-state index in [2.05, 4.69) is 4.98 Å². The molecule has 0 unspecified atom stereocenters. The van der Waals surface area contributed by atoms with Crippen LogP contribution in [-0.4, -0.2) is 16.6 Å². The molecule has 1 aromatic carbocycles. The van der Waals surface area contributed by atoms with Crippen LogP contribution in [-0.2, 0) is 13.6 Å². The van der Waals surface area contributed by atoms with Gasteiger partial charge in [-0.2, -0.15) is 0 Å². The summed E-state index contributed by atoms with van der Waals surface area (Å²) >= 11 is 0. The third kappa shape index (κ3) is 2.26. The van der Waals surface area contributed by atoms with Crippen LogP contribution in [0.3, 0.4) is 0 Å². The number of aromatic nitrogens is 2. The van der Waals surface area contributed by atoms with Gasteiger partial charge in [-0.3, -0.25) is 4.79 Å². The number of nitrogens with two attached hydrogens (primary N) is 1. The van der Waals surface area contributed by atoms with E-state index in [0.717, 1.165) is 11.3 Å². The van der Waals surface area contributed by atoms with E-state index in [4.69, 9.17) is 5.73 Å². The molecular weight excluding hydrogens is 228 g/mol. The van der Waals surface area contributed by atoms with Crippen LogP contribution in [0.5, 0.6) is 0 Å². The summed E-state index contributed by atoms with van der Waals surface area (Å²) in [4.78, 5) is 17.9. The molecular formula is C13H16N4O. The largest absolute Gasteiger partial charge is 0.326 e. The van der Waals surface area contributed by atoms with Crippen molar-refractivity contribution < 1.29 is 0 Å². The highest BCUT2D eigenvalue weighted by molar-refractivity contribution is 5.59. The predicted octanol–water partition coefficient (Wildman–Crippen LogP) is 1.01. The monoisotopic (exact) mass is 244 g/mol. The van der Waals surface area contributed by atoms with Crippen LogP contribution in [0.4, 0.5) is 11.5 Å². The Morgan fingerprint density at radius 3 is 2.94 bits per heavy atom. The third-order valence-electron chi connectivity index (χ3n) is 2.85. The van der Waals surface area contributed by atoms with Crippen LogP contribution in [0.15, 0.2) is 41.5 Å². The summed E-state index contributed by atoms with van der Waals surface area (Å²) in [5, 5.41) is 0. The summed E-state index contributed by atoms with van der Waals surface area (Å²) in [6, 6.07) is 7.75. The fraction of sp³-hybridized carbons (Fsp3) is 0.231. The zero-order valence-corrected chi connectivity index (χ0v) is 10.5. The van der Waals surface area contributed by atoms with Crippen molar-refractivity contribution in [1.82, 2.24) is 9.55 Å². The van der Waals surface area contributed by atoms with Gasteiger partial charge in [0.15, 0.2) is 5.82 Å². The van der Waals surface area contributed by atoms with Crippen molar-refractivity contribution >= 4 is 11.5 Å². The minimum atomic E-state index is -0.127. The van der Waals surface area contributed by atoms with Gasteiger partial charge in [0, 0.05) is 38.7 Å². The standard InChI is InChI=1S/C13H16N4O/c1-16-7-6-15-12(13(16)18)17(2)11-5-3-4-10(8-11)9-14/h3-8H,9,14H2,1-2H3. The Hall–Kier alpha value is -2.14. The molecule has 0 amide bonds. The van der Waals surface area contributed by atoms with Gasteiger partial charge in [-0.05, 0) is 17.7 Å². The zero-order chi connectivity index (χ0) is 13.1. The Kier molecular flexibility index (Phi) is 3.43. The average Bonchev–Trinajstić information content (AvgIpc) is 2.41. The van der Waals surface area contributed by atoms with Crippen molar-refractivity contribution in [1.29, 1.82) is 0 Å². The third-order valence-corrected chi connectivity index (χ3v) is 2.85. The van der Waals surface area contributed by atoms with Crippen LogP contribution in [0.1, 0.15) is 5.56 Å². The van der Waals surface area contributed by atoms with Gasteiger partial charge in [0.2, 0.25) is 0 Å². The summed E-state index contributed by atoms with van der Waals surface area (Å²) in [5.41, 5.74) is 7.40. The van der Waals surface area contributed by atoms with Crippen molar-refractivity contribution in [3.8, 4) is 0 Å². The lowest BCUT2D eigenvalue weighted by Crippen LogP contribution is -2.26. The van der Waals surface area contributed by atoms with Gasteiger partial charge < -0.3 is 15.2 Å². The SMILES string of the molecule is CN(c1cccc(CN)c1)c1nccn(C)c1=O. The van der Waals surface area contributed by atoms with E-state index in [0.29, 0.717) is 12.4 Å². The normalized spacial score (nSPS) is 10.4. The molecule has 0 aliphatic heterocycles. The summed E-state index contributed by atoms with van der Waals surface area (Å²) in [6.45, 7) is 0.474. The molecule has 94 valence electrons. The van der Waals surface area contributed by atoms with E-state index >= 15 is 0 Å². The Morgan fingerprint density at radius 2 is 2.22 bits per heavy atom. The van der Waals surface area contributed by atoms with E-state index in [9.17, 15) is 4.79 Å². The molecule has 0 saturated heterocycles. The highest BCUT2D eigenvalue weighted by atomic mass is 16.1. The molecule has 0 saturated carbocycles. The van der Waals surface area contributed by atoms with Gasteiger partial charge in [0.25, 0.3) is 5.56 Å². The highest BCUT2D eigenvalue weighted by Crippen LogP contribution is 2.19. The number of aryl methyl sites for hydroxylation is 1. The highest BCUT2D eigenvalue weighted by Gasteiger charge is 2.10. The van der Waals surface area contributed by atoms with Crippen LogP contribution in [0.2, 0.25) is 0 Å². The molecule has 0 fully saturated rings. The number of hydrogen-bond acceptors (Lipinski definition) is 4. The number of hydrogen-bond donors (Lipinski definition) is 1. The van der Waals surface area contributed by atoms with E-state index in [1.807, 2.05) is 31.3 Å². The molecule has 2 N–H and O–H groups in total. The van der Waals surface area contributed by atoms with Crippen LogP contribution >= 0.6 is 0 Å². The second kappa shape index (κ2) is 5.01. The van der Waals surface area contributed by atoms with E-state index < -0.39 is 0 Å². The molecule has 5 heteroatoms. The minimum Gasteiger partial charge on any atom is -0.326 e. The first kappa shape index (κ1) is 12.3. The molecule has 0 aliphatic carbocycles. The first-order valence-corrected chi connectivity index (χ1v) is 5.68. The second-order valence-corrected chi connectivity index (χ2v) is 4.10. The van der Waals surface area contributed by atoms with Crippen molar-refractivity contribution in [3.05, 3.63) is 52.6 Å². The van der Waals surface area contributed by atoms with Crippen LogP contribution < -0.4 is 16.2 Å². The van der Waals surface area contributed by atoms with E-state index in [1.165, 1.54) is 4.57 Å². The molecule has 0 aliphatic rings. The quantitative estimate of drug-likeness (QED) is 0.875. The molecule has 2 rings (SSSR count). The molecule has 0 atom stereocenters. The van der Waals surface area contributed by atoms with Gasteiger partial charge in [-0.25, -0.2) is 4.98 Å². The van der Waals surface area contributed by atoms with Crippen molar-refractivity contribution in [2.75, 3.05) is 11.9 Å². The fourth-order valence-electron chi connectivity index (χ4n) is 1.73. The fourth-order valence-corrected chi connectivity index (χ4v) is 1.73. The summed E-state index contributed by atoms with van der Waals surface area (Å²) in [5.74, 6) is 0.397. The van der Waals surface area contributed by atoms with Crippen LogP contribution in [0, 0.1) is 0 Å². The van der Waals surface area contributed by atoms with Crippen LogP contribution in [0.25, 0.3) is 0 Å². The first-order chi connectivity index (χ1) is 8.63. The van der Waals surface area contributed by atoms with Gasteiger partial charge in [-0.15, -0.1) is 0 Å². The van der Waals surface area contributed by atoms with Crippen molar-refractivity contribution in [3.63, 3.8) is 0 Å². The topological polar surface area (TPSA) is 64.2 Å². The van der Waals surface area contributed by atoms with Gasteiger partial charge in [-0.1, -0.05) is 12.1 Å². The number of anilines is 2. The van der Waals surface area contributed by atoms with E-state index in [1.54, 1.807) is 24.3 Å². The number of rotatable bonds is 3. The zero-order valence-electron chi connectivity index (χ0n) is 10.5. The molecule has 0 bridgehead atoms. The smallest absolute Gasteiger partial charge is 0.293 e. The predicted molar refractivity (Wildman–Crippen MR) is 71.9 cm³/mol. The molecule has 1 aromatic heterocycles. The summed E-state index contributed by atoms with van der Waals surface area (Å²) in [6.07, 6.45) is 3.25.